The van der Waals surface area contributed by atoms with E-state index in [-0.39, 0.29) is 0 Å². The molecule has 4 nitrogen and oxygen atoms in total. The quantitative estimate of drug-likeness (QED) is 0.815. The normalized spacial score (nSPS) is 11.8. The molecule has 2 rings (SSSR count). The van der Waals surface area contributed by atoms with Crippen LogP contribution in [0.25, 0.3) is 0 Å². The van der Waals surface area contributed by atoms with Crippen LogP contribution in [0.1, 0.15) is 22.8 Å². The Balaban J connectivity index is 2.35. The number of hydrogen-bond donors (Lipinski definition) is 1. The first-order valence-electron chi connectivity index (χ1n) is 4.74. The molecule has 0 spiro atoms. The van der Waals surface area contributed by atoms with Gasteiger partial charge in [-0.05, 0) is 17.7 Å². The van der Waals surface area contributed by atoms with E-state index in [1.165, 1.54) is 6.33 Å². The van der Waals surface area contributed by atoms with E-state index >= 15 is 0 Å². The van der Waals surface area contributed by atoms with E-state index in [0.29, 0.717) is 16.7 Å². The Morgan fingerprint density at radius 3 is 2.62 bits per heavy atom. The zero-order chi connectivity index (χ0) is 11.4. The Morgan fingerprint density at radius 1 is 1.19 bits per heavy atom. The summed E-state index contributed by atoms with van der Waals surface area (Å²) in [5, 5.41) is 18.8. The zero-order valence-electron chi connectivity index (χ0n) is 8.41. The second-order valence-corrected chi connectivity index (χ2v) is 3.31. The van der Waals surface area contributed by atoms with Gasteiger partial charge in [0.05, 0.1) is 11.6 Å². The fourth-order valence-electron chi connectivity index (χ4n) is 1.42. The highest BCUT2D eigenvalue weighted by molar-refractivity contribution is 5.36. The summed E-state index contributed by atoms with van der Waals surface area (Å²) in [7, 11) is 0. The summed E-state index contributed by atoms with van der Waals surface area (Å²) < 4.78 is 0. The van der Waals surface area contributed by atoms with Gasteiger partial charge >= 0.3 is 0 Å². The van der Waals surface area contributed by atoms with Gasteiger partial charge in [0.15, 0.2) is 0 Å². The lowest BCUT2D eigenvalue weighted by atomic mass is 10.0. The SMILES string of the molecule is N#Cc1cccc(C(O)c2cncnc2)c1. The molecule has 0 bridgehead atoms. The third-order valence-corrected chi connectivity index (χ3v) is 2.23. The molecule has 1 aromatic heterocycles. The van der Waals surface area contributed by atoms with E-state index in [1.54, 1.807) is 36.7 Å². The van der Waals surface area contributed by atoms with Gasteiger partial charge < -0.3 is 5.11 Å². The maximum atomic E-state index is 10.0. The third-order valence-electron chi connectivity index (χ3n) is 2.23. The fourth-order valence-corrected chi connectivity index (χ4v) is 1.42. The van der Waals surface area contributed by atoms with E-state index < -0.39 is 6.10 Å². The number of aliphatic hydroxyl groups excluding tert-OH is 1. The number of benzene rings is 1. The molecule has 1 N–H and O–H groups in total. The van der Waals surface area contributed by atoms with E-state index in [9.17, 15) is 5.11 Å². The number of aromatic nitrogens is 2. The monoisotopic (exact) mass is 211 g/mol. The minimum atomic E-state index is -0.797. The predicted octanol–water partition coefficient (Wildman–Crippen LogP) is 1.43. The van der Waals surface area contributed by atoms with Gasteiger partial charge in [-0.15, -0.1) is 0 Å². The van der Waals surface area contributed by atoms with Crippen LogP contribution in [0.3, 0.4) is 0 Å². The summed E-state index contributed by atoms with van der Waals surface area (Å²) in [6.45, 7) is 0. The van der Waals surface area contributed by atoms with Crippen molar-refractivity contribution in [2.24, 2.45) is 0 Å². The fraction of sp³-hybridized carbons (Fsp3) is 0.0833. The van der Waals surface area contributed by atoms with E-state index in [4.69, 9.17) is 5.26 Å². The van der Waals surface area contributed by atoms with Crippen molar-refractivity contribution in [2.45, 2.75) is 6.10 Å². The Bertz CT molecular complexity index is 519. The number of rotatable bonds is 2. The molecule has 1 atom stereocenters. The predicted molar refractivity (Wildman–Crippen MR) is 57.3 cm³/mol. The topological polar surface area (TPSA) is 69.8 Å². The maximum Gasteiger partial charge on any atom is 0.115 e. The van der Waals surface area contributed by atoms with Gasteiger partial charge in [-0.3, -0.25) is 0 Å². The van der Waals surface area contributed by atoms with Gasteiger partial charge in [-0.25, -0.2) is 9.97 Å². The van der Waals surface area contributed by atoms with Crippen LogP contribution in [-0.2, 0) is 0 Å². The van der Waals surface area contributed by atoms with E-state index in [2.05, 4.69) is 9.97 Å². The average Bonchev–Trinajstić information content (AvgIpc) is 2.39. The molecule has 1 aromatic carbocycles. The smallest absolute Gasteiger partial charge is 0.115 e. The van der Waals surface area contributed by atoms with Crippen molar-refractivity contribution in [3.05, 3.63) is 59.7 Å². The van der Waals surface area contributed by atoms with Gasteiger partial charge in [0.2, 0.25) is 0 Å². The molecule has 0 aliphatic rings. The summed E-state index contributed by atoms with van der Waals surface area (Å²) in [6.07, 6.45) is 3.71. The molecule has 1 unspecified atom stereocenters. The van der Waals surface area contributed by atoms with Gasteiger partial charge in [-0.1, -0.05) is 12.1 Å². The van der Waals surface area contributed by atoms with Gasteiger partial charge in [0, 0.05) is 18.0 Å². The van der Waals surface area contributed by atoms with Crippen LogP contribution in [0.15, 0.2) is 43.0 Å². The van der Waals surface area contributed by atoms with Gasteiger partial charge in [0.25, 0.3) is 0 Å². The minimum Gasteiger partial charge on any atom is -0.384 e. The van der Waals surface area contributed by atoms with Crippen molar-refractivity contribution < 1.29 is 5.11 Å². The van der Waals surface area contributed by atoms with Crippen LogP contribution < -0.4 is 0 Å². The van der Waals surface area contributed by atoms with Crippen molar-refractivity contribution in [3.63, 3.8) is 0 Å². The molecule has 16 heavy (non-hydrogen) atoms. The summed E-state index contributed by atoms with van der Waals surface area (Å²) in [6, 6.07) is 8.87. The molecule has 2 aromatic rings. The highest BCUT2D eigenvalue weighted by atomic mass is 16.3. The molecule has 1 heterocycles. The van der Waals surface area contributed by atoms with Crippen molar-refractivity contribution in [2.75, 3.05) is 0 Å². The first kappa shape index (κ1) is 10.3. The molecule has 0 saturated carbocycles. The van der Waals surface area contributed by atoms with E-state index in [1.807, 2.05) is 6.07 Å². The Hall–Kier alpha value is -2.25. The lowest BCUT2D eigenvalue weighted by Crippen LogP contribution is -2.00. The molecular weight excluding hydrogens is 202 g/mol. The summed E-state index contributed by atoms with van der Waals surface area (Å²) in [5.74, 6) is 0. The number of aliphatic hydroxyl groups is 1. The highest BCUT2D eigenvalue weighted by Crippen LogP contribution is 2.20. The number of nitrogens with zero attached hydrogens (tertiary/aromatic N) is 3. The molecule has 0 amide bonds. The molecule has 0 saturated heterocycles. The lowest BCUT2D eigenvalue weighted by molar-refractivity contribution is 0.219. The molecule has 0 radical (unpaired) electrons. The highest BCUT2D eigenvalue weighted by Gasteiger charge is 2.10. The van der Waals surface area contributed by atoms with Gasteiger partial charge in [-0.2, -0.15) is 5.26 Å². The maximum absolute atomic E-state index is 10.0. The first-order chi connectivity index (χ1) is 7.81. The standard InChI is InChI=1S/C12H9N3O/c13-5-9-2-1-3-10(4-9)12(16)11-6-14-8-15-7-11/h1-4,6-8,12,16H. The molecule has 0 aliphatic carbocycles. The van der Waals surface area contributed by atoms with Crippen molar-refractivity contribution in [3.8, 4) is 6.07 Å². The van der Waals surface area contributed by atoms with E-state index in [0.717, 1.165) is 0 Å². The van der Waals surface area contributed by atoms with Crippen molar-refractivity contribution in [1.29, 1.82) is 5.26 Å². The van der Waals surface area contributed by atoms with Crippen LogP contribution in [0.2, 0.25) is 0 Å². The van der Waals surface area contributed by atoms with Crippen LogP contribution in [0.4, 0.5) is 0 Å². The van der Waals surface area contributed by atoms with Crippen molar-refractivity contribution in [1.82, 2.24) is 9.97 Å². The molecule has 4 heteroatoms. The second-order valence-electron chi connectivity index (χ2n) is 3.31. The Morgan fingerprint density at radius 2 is 1.94 bits per heavy atom. The second kappa shape index (κ2) is 4.51. The van der Waals surface area contributed by atoms with Crippen LogP contribution in [0, 0.1) is 11.3 Å². The third kappa shape index (κ3) is 2.05. The molecule has 0 fully saturated rings. The van der Waals surface area contributed by atoms with Gasteiger partial charge in [0.1, 0.15) is 12.4 Å². The zero-order valence-corrected chi connectivity index (χ0v) is 8.41. The lowest BCUT2D eigenvalue weighted by Gasteiger charge is -2.10. The van der Waals surface area contributed by atoms with Crippen LogP contribution in [0.5, 0.6) is 0 Å². The summed E-state index contributed by atoms with van der Waals surface area (Å²) >= 11 is 0. The summed E-state index contributed by atoms with van der Waals surface area (Å²) in [5.41, 5.74) is 1.79. The number of hydrogen-bond acceptors (Lipinski definition) is 4. The van der Waals surface area contributed by atoms with Crippen LogP contribution in [-0.4, -0.2) is 15.1 Å². The molecule has 78 valence electrons. The van der Waals surface area contributed by atoms with Crippen LogP contribution >= 0.6 is 0 Å². The number of nitriles is 1. The average molecular weight is 211 g/mol. The molecular formula is C12H9N3O. The first-order valence-corrected chi connectivity index (χ1v) is 4.74. The summed E-state index contributed by atoms with van der Waals surface area (Å²) in [4.78, 5) is 7.68. The van der Waals surface area contributed by atoms with Crippen molar-refractivity contribution >= 4 is 0 Å². The minimum absolute atomic E-state index is 0.522. The molecule has 0 aliphatic heterocycles. The Labute approximate surface area is 92.8 Å². The Kier molecular flexibility index (Phi) is 2.90. The largest absolute Gasteiger partial charge is 0.384 e.